The first-order chi connectivity index (χ1) is 10.9. The van der Waals surface area contributed by atoms with Crippen LogP contribution < -0.4 is 0 Å². The van der Waals surface area contributed by atoms with Crippen molar-refractivity contribution in [2.24, 2.45) is 9.98 Å². The van der Waals surface area contributed by atoms with E-state index in [1.54, 1.807) is 0 Å². The minimum absolute atomic E-state index is 0.472. The second kappa shape index (κ2) is 10.3. The minimum atomic E-state index is 0.472. The van der Waals surface area contributed by atoms with Crippen molar-refractivity contribution in [3.05, 3.63) is 35.4 Å². The number of aryl methyl sites for hydroxylation is 1. The Balaban J connectivity index is 1.54. The summed E-state index contributed by atoms with van der Waals surface area (Å²) in [6.07, 6.45) is 8.42. The molecule has 1 aromatic rings. The molecule has 0 radical (unpaired) electrons. The fraction of sp³-hybridized carbons (Fsp3) is 0.632. The van der Waals surface area contributed by atoms with Crippen LogP contribution in [0.3, 0.4) is 0 Å². The Morgan fingerprint density at radius 3 is 2.55 bits per heavy atom. The standard InChI is InChI=1S/C19H28N2O/c1-2-17-9-11-18(12-10-17)15-22-14-6-13-20-16-21-19-7-4-3-5-8-19/h9-12,19H,2-8,13-15H2,1H3. The van der Waals surface area contributed by atoms with Gasteiger partial charge in [0.25, 0.3) is 0 Å². The molecule has 3 nitrogen and oxygen atoms in total. The average Bonchev–Trinajstić information content (AvgIpc) is 2.59. The lowest BCUT2D eigenvalue weighted by Gasteiger charge is -2.15. The zero-order chi connectivity index (χ0) is 15.5. The molecular formula is C19H28N2O. The van der Waals surface area contributed by atoms with Crippen LogP contribution in [-0.2, 0) is 17.8 Å². The molecule has 1 saturated carbocycles. The van der Waals surface area contributed by atoms with Gasteiger partial charge in [0.15, 0.2) is 0 Å². The highest BCUT2D eigenvalue weighted by Gasteiger charge is 2.10. The van der Waals surface area contributed by atoms with Crippen LogP contribution in [0.1, 0.15) is 56.6 Å². The topological polar surface area (TPSA) is 34.0 Å². The number of rotatable bonds is 8. The van der Waals surface area contributed by atoms with Crippen LogP contribution in [0.15, 0.2) is 34.3 Å². The lowest BCUT2D eigenvalue weighted by molar-refractivity contribution is 0.120. The van der Waals surface area contributed by atoms with Crippen molar-refractivity contribution in [1.82, 2.24) is 0 Å². The predicted molar refractivity (Wildman–Crippen MR) is 91.7 cm³/mol. The van der Waals surface area contributed by atoms with Gasteiger partial charge in [-0.25, -0.2) is 9.98 Å². The van der Waals surface area contributed by atoms with Gasteiger partial charge >= 0.3 is 0 Å². The van der Waals surface area contributed by atoms with E-state index >= 15 is 0 Å². The summed E-state index contributed by atoms with van der Waals surface area (Å²) in [5.74, 6) is 0. The number of hydrogen-bond acceptors (Lipinski definition) is 3. The molecule has 120 valence electrons. The fourth-order valence-electron chi connectivity index (χ4n) is 2.69. The largest absolute Gasteiger partial charge is 0.377 e. The maximum atomic E-state index is 5.67. The summed E-state index contributed by atoms with van der Waals surface area (Å²) in [7, 11) is 0. The zero-order valence-electron chi connectivity index (χ0n) is 13.8. The number of ether oxygens (including phenoxy) is 1. The summed E-state index contributed by atoms with van der Waals surface area (Å²) in [4.78, 5) is 8.64. The smallest absolute Gasteiger partial charge is 0.0895 e. The summed E-state index contributed by atoms with van der Waals surface area (Å²) >= 11 is 0. The number of aliphatic imine (C=N–C) groups is 2. The van der Waals surface area contributed by atoms with E-state index in [1.807, 2.05) is 0 Å². The summed E-state index contributed by atoms with van der Waals surface area (Å²) in [5.41, 5.74) is 2.61. The highest BCUT2D eigenvalue weighted by molar-refractivity contribution is 5.41. The van der Waals surface area contributed by atoms with Crippen LogP contribution in [0.25, 0.3) is 0 Å². The van der Waals surface area contributed by atoms with Crippen molar-refractivity contribution < 1.29 is 4.74 Å². The zero-order valence-corrected chi connectivity index (χ0v) is 13.8. The molecule has 1 fully saturated rings. The molecule has 0 heterocycles. The van der Waals surface area contributed by atoms with Crippen molar-refractivity contribution in [1.29, 1.82) is 0 Å². The van der Waals surface area contributed by atoms with Gasteiger partial charge in [-0.2, -0.15) is 0 Å². The van der Waals surface area contributed by atoms with Gasteiger partial charge in [0.1, 0.15) is 0 Å². The molecule has 2 rings (SSSR count). The summed E-state index contributed by atoms with van der Waals surface area (Å²) in [6, 6.07) is 12.0. The first-order valence-corrected chi connectivity index (χ1v) is 8.65. The molecule has 0 aliphatic heterocycles. The lowest BCUT2D eigenvalue weighted by Crippen LogP contribution is -2.08. The molecule has 0 aromatic heterocycles. The molecule has 1 aliphatic rings. The minimum Gasteiger partial charge on any atom is -0.377 e. The van der Waals surface area contributed by atoms with Crippen molar-refractivity contribution in [2.45, 2.75) is 64.5 Å². The average molecular weight is 300 g/mol. The first-order valence-electron chi connectivity index (χ1n) is 8.65. The number of hydrogen-bond donors (Lipinski definition) is 0. The molecular weight excluding hydrogens is 272 g/mol. The number of benzene rings is 1. The fourth-order valence-corrected chi connectivity index (χ4v) is 2.69. The monoisotopic (exact) mass is 300 g/mol. The van der Waals surface area contributed by atoms with Crippen LogP contribution in [-0.4, -0.2) is 25.2 Å². The molecule has 0 amide bonds. The first kappa shape index (κ1) is 16.9. The van der Waals surface area contributed by atoms with E-state index in [0.717, 1.165) is 26.0 Å². The second-order valence-corrected chi connectivity index (χ2v) is 5.98. The third kappa shape index (κ3) is 6.55. The van der Waals surface area contributed by atoms with Crippen molar-refractivity contribution in [3.63, 3.8) is 0 Å². The van der Waals surface area contributed by atoms with E-state index in [-0.39, 0.29) is 0 Å². The van der Waals surface area contributed by atoms with Gasteiger partial charge in [0.05, 0.1) is 25.2 Å². The van der Waals surface area contributed by atoms with Crippen LogP contribution in [0, 0.1) is 0 Å². The summed E-state index contributed by atoms with van der Waals surface area (Å²) in [5, 5.41) is 0. The van der Waals surface area contributed by atoms with E-state index in [4.69, 9.17) is 4.74 Å². The van der Waals surface area contributed by atoms with Gasteiger partial charge in [-0.1, -0.05) is 50.5 Å². The number of nitrogens with zero attached hydrogens (tertiary/aromatic N) is 2. The van der Waals surface area contributed by atoms with Crippen LogP contribution in [0.2, 0.25) is 0 Å². The highest BCUT2D eigenvalue weighted by atomic mass is 16.5. The Morgan fingerprint density at radius 1 is 1.09 bits per heavy atom. The Morgan fingerprint density at radius 2 is 1.82 bits per heavy atom. The van der Waals surface area contributed by atoms with Gasteiger partial charge in [0.2, 0.25) is 0 Å². The Bertz CT molecular complexity index is 469. The third-order valence-corrected chi connectivity index (χ3v) is 4.14. The molecule has 1 aromatic carbocycles. The molecule has 0 N–H and O–H groups in total. The molecule has 0 atom stereocenters. The maximum absolute atomic E-state index is 5.67. The van der Waals surface area contributed by atoms with E-state index in [0.29, 0.717) is 12.6 Å². The van der Waals surface area contributed by atoms with E-state index in [2.05, 4.69) is 47.2 Å². The molecule has 0 spiro atoms. The molecule has 0 bridgehead atoms. The highest BCUT2D eigenvalue weighted by Crippen LogP contribution is 2.19. The van der Waals surface area contributed by atoms with Gasteiger partial charge in [-0.05, 0) is 36.8 Å². The molecule has 0 saturated heterocycles. The van der Waals surface area contributed by atoms with Crippen molar-refractivity contribution in [3.8, 4) is 0 Å². The molecule has 0 unspecified atom stereocenters. The van der Waals surface area contributed by atoms with Crippen molar-refractivity contribution >= 4 is 6.01 Å². The normalized spacial score (nSPS) is 15.3. The Hall–Kier alpha value is -1.44. The molecule has 22 heavy (non-hydrogen) atoms. The van der Waals surface area contributed by atoms with Gasteiger partial charge in [0, 0.05) is 6.61 Å². The second-order valence-electron chi connectivity index (χ2n) is 5.98. The van der Waals surface area contributed by atoms with Crippen LogP contribution >= 0.6 is 0 Å². The quantitative estimate of drug-likeness (QED) is 0.507. The summed E-state index contributed by atoms with van der Waals surface area (Å²) in [6.45, 7) is 4.35. The van der Waals surface area contributed by atoms with E-state index in [1.165, 1.54) is 43.2 Å². The lowest BCUT2D eigenvalue weighted by atomic mass is 9.96. The maximum Gasteiger partial charge on any atom is 0.0895 e. The van der Waals surface area contributed by atoms with E-state index in [9.17, 15) is 0 Å². The van der Waals surface area contributed by atoms with Gasteiger partial charge in [-0.3, -0.25) is 0 Å². The Labute approximate surface area is 134 Å². The van der Waals surface area contributed by atoms with E-state index < -0.39 is 0 Å². The SMILES string of the molecule is CCc1ccc(COCCCN=C=NC2CCCCC2)cc1. The van der Waals surface area contributed by atoms with Crippen molar-refractivity contribution in [2.75, 3.05) is 13.2 Å². The Kier molecular flexibility index (Phi) is 7.93. The van der Waals surface area contributed by atoms with Gasteiger partial charge in [-0.15, -0.1) is 0 Å². The third-order valence-electron chi connectivity index (χ3n) is 4.14. The van der Waals surface area contributed by atoms with Gasteiger partial charge < -0.3 is 4.74 Å². The summed E-state index contributed by atoms with van der Waals surface area (Å²) < 4.78 is 5.67. The molecule has 3 heteroatoms. The molecule has 1 aliphatic carbocycles. The van der Waals surface area contributed by atoms with Crippen LogP contribution in [0.4, 0.5) is 0 Å². The predicted octanol–water partition coefficient (Wildman–Crippen LogP) is 4.66. The van der Waals surface area contributed by atoms with Crippen LogP contribution in [0.5, 0.6) is 0 Å².